The first-order valence-corrected chi connectivity index (χ1v) is 6.61. The summed E-state index contributed by atoms with van der Waals surface area (Å²) in [5.41, 5.74) is 6.74. The van der Waals surface area contributed by atoms with Crippen molar-refractivity contribution >= 4 is 11.7 Å². The summed E-state index contributed by atoms with van der Waals surface area (Å²) in [4.78, 5) is 12.0. The number of ether oxygens (including phenoxy) is 1. The number of nitrogens with two attached hydrogens (primary N) is 1. The predicted octanol–water partition coefficient (Wildman–Crippen LogP) is 3.25. The second-order valence-corrected chi connectivity index (χ2v) is 5.53. The maximum absolute atomic E-state index is 12.0. The second kappa shape index (κ2) is 5.42. The van der Waals surface area contributed by atoms with Gasteiger partial charge >= 0.3 is 5.97 Å². The molecule has 0 aromatic heterocycles. The van der Waals surface area contributed by atoms with Crippen molar-refractivity contribution in [3.8, 4) is 0 Å². The van der Waals surface area contributed by atoms with Gasteiger partial charge in [-0.25, -0.2) is 4.79 Å². The van der Waals surface area contributed by atoms with Crippen molar-refractivity contribution in [2.45, 2.75) is 39.2 Å². The van der Waals surface area contributed by atoms with Gasteiger partial charge < -0.3 is 10.5 Å². The zero-order valence-electron chi connectivity index (χ0n) is 11.1. The van der Waals surface area contributed by atoms with E-state index in [-0.39, 0.29) is 12.1 Å². The summed E-state index contributed by atoms with van der Waals surface area (Å²) < 4.78 is 5.58. The number of hydrogen-bond acceptors (Lipinski definition) is 3. The molecule has 98 valence electrons. The van der Waals surface area contributed by atoms with Gasteiger partial charge in [0.1, 0.15) is 6.10 Å². The van der Waals surface area contributed by atoms with Crippen molar-refractivity contribution < 1.29 is 9.53 Å². The first-order chi connectivity index (χ1) is 8.56. The van der Waals surface area contributed by atoms with Gasteiger partial charge in [0, 0.05) is 5.69 Å². The van der Waals surface area contributed by atoms with E-state index in [1.807, 2.05) is 6.07 Å². The Hall–Kier alpha value is -1.51. The van der Waals surface area contributed by atoms with Crippen LogP contribution in [0.5, 0.6) is 0 Å². The largest absolute Gasteiger partial charge is 0.459 e. The van der Waals surface area contributed by atoms with Crippen LogP contribution in [0.15, 0.2) is 24.3 Å². The Balaban J connectivity index is 2.01. The number of rotatable bonds is 2. The molecule has 0 amide bonds. The Labute approximate surface area is 108 Å². The summed E-state index contributed by atoms with van der Waals surface area (Å²) >= 11 is 0. The third-order valence-electron chi connectivity index (χ3n) is 3.59. The molecule has 2 rings (SSSR count). The van der Waals surface area contributed by atoms with Gasteiger partial charge in [0.05, 0.1) is 5.56 Å². The van der Waals surface area contributed by atoms with Crippen LogP contribution in [0.3, 0.4) is 0 Å². The minimum absolute atomic E-state index is 0.0378. The Bertz CT molecular complexity index is 420. The van der Waals surface area contributed by atoms with Gasteiger partial charge in [-0.1, -0.05) is 26.0 Å². The summed E-state index contributed by atoms with van der Waals surface area (Å²) in [6.45, 7) is 4.43. The van der Waals surface area contributed by atoms with Crippen LogP contribution in [-0.4, -0.2) is 12.1 Å². The summed E-state index contributed by atoms with van der Waals surface area (Å²) in [6.07, 6.45) is 3.18. The molecule has 3 heteroatoms. The highest BCUT2D eigenvalue weighted by molar-refractivity contribution is 5.95. The zero-order valence-corrected chi connectivity index (χ0v) is 11.1. The molecule has 1 aliphatic rings. The molecule has 3 nitrogen and oxygen atoms in total. The Morgan fingerprint density at radius 3 is 2.39 bits per heavy atom. The van der Waals surface area contributed by atoms with Crippen molar-refractivity contribution in [1.82, 2.24) is 0 Å². The van der Waals surface area contributed by atoms with Gasteiger partial charge in [-0.3, -0.25) is 0 Å². The smallest absolute Gasteiger partial charge is 0.340 e. The monoisotopic (exact) mass is 247 g/mol. The highest BCUT2D eigenvalue weighted by atomic mass is 16.5. The highest BCUT2D eigenvalue weighted by Gasteiger charge is 2.27. The maximum atomic E-state index is 12.0. The number of nitrogen functional groups attached to an aromatic ring is 1. The fourth-order valence-corrected chi connectivity index (χ4v) is 2.87. The van der Waals surface area contributed by atoms with Gasteiger partial charge in [-0.15, -0.1) is 0 Å². The predicted molar refractivity (Wildman–Crippen MR) is 72.2 cm³/mol. The topological polar surface area (TPSA) is 52.3 Å². The number of carbonyl (C=O) groups is 1. The van der Waals surface area contributed by atoms with E-state index in [9.17, 15) is 4.79 Å². The number of benzene rings is 1. The zero-order chi connectivity index (χ0) is 13.1. The van der Waals surface area contributed by atoms with Crippen molar-refractivity contribution in [2.24, 2.45) is 11.8 Å². The van der Waals surface area contributed by atoms with Gasteiger partial charge in [0.2, 0.25) is 0 Å². The van der Waals surface area contributed by atoms with Crippen LogP contribution in [0.25, 0.3) is 0 Å². The van der Waals surface area contributed by atoms with Gasteiger partial charge in [-0.2, -0.15) is 0 Å². The van der Waals surface area contributed by atoms with E-state index < -0.39 is 0 Å². The minimum atomic E-state index is -0.292. The lowest BCUT2D eigenvalue weighted by Gasteiger charge is -2.31. The van der Waals surface area contributed by atoms with Gasteiger partial charge in [0.15, 0.2) is 0 Å². The molecule has 1 aromatic carbocycles. The molecule has 0 aliphatic heterocycles. The lowest BCUT2D eigenvalue weighted by atomic mass is 9.82. The molecule has 0 heterocycles. The molecule has 1 fully saturated rings. The Kier molecular flexibility index (Phi) is 3.90. The van der Waals surface area contributed by atoms with Crippen LogP contribution >= 0.6 is 0 Å². The van der Waals surface area contributed by atoms with Gasteiger partial charge in [0.25, 0.3) is 0 Å². The fourth-order valence-electron chi connectivity index (χ4n) is 2.87. The molecule has 0 spiro atoms. The quantitative estimate of drug-likeness (QED) is 0.644. The molecular formula is C15H21NO2. The Morgan fingerprint density at radius 1 is 1.17 bits per heavy atom. The second-order valence-electron chi connectivity index (χ2n) is 5.53. The average Bonchev–Trinajstić information content (AvgIpc) is 2.27. The van der Waals surface area contributed by atoms with Crippen LogP contribution < -0.4 is 5.73 Å². The van der Waals surface area contributed by atoms with E-state index in [0.717, 1.165) is 12.8 Å². The standard InChI is InChI=1S/C15H21NO2/c1-10-7-11(2)9-12(8-10)18-15(17)13-5-3-4-6-14(13)16/h3-6,10-12H,7-9,16H2,1-2H3. The van der Waals surface area contributed by atoms with Gasteiger partial charge in [-0.05, 0) is 43.2 Å². The normalized spacial score (nSPS) is 27.8. The van der Waals surface area contributed by atoms with E-state index in [1.165, 1.54) is 6.42 Å². The number of para-hydroxylation sites is 1. The average molecular weight is 247 g/mol. The fraction of sp³-hybridized carbons (Fsp3) is 0.533. The van der Waals surface area contributed by atoms with Crippen molar-refractivity contribution in [1.29, 1.82) is 0 Å². The van der Waals surface area contributed by atoms with Crippen LogP contribution in [-0.2, 0) is 4.74 Å². The van der Waals surface area contributed by atoms with E-state index >= 15 is 0 Å². The Morgan fingerprint density at radius 2 is 1.78 bits per heavy atom. The summed E-state index contributed by atoms with van der Waals surface area (Å²) in [5, 5.41) is 0. The molecular weight excluding hydrogens is 226 g/mol. The molecule has 1 saturated carbocycles. The molecule has 0 saturated heterocycles. The molecule has 2 unspecified atom stereocenters. The van der Waals surface area contributed by atoms with Crippen LogP contribution in [0, 0.1) is 11.8 Å². The van der Waals surface area contributed by atoms with E-state index in [4.69, 9.17) is 10.5 Å². The first kappa shape index (κ1) is 12.9. The number of esters is 1. The van der Waals surface area contributed by atoms with Crippen molar-refractivity contribution in [3.05, 3.63) is 29.8 Å². The lowest BCUT2D eigenvalue weighted by molar-refractivity contribution is 0.00817. The SMILES string of the molecule is CC1CC(C)CC(OC(=O)c2ccccc2N)C1. The highest BCUT2D eigenvalue weighted by Crippen LogP contribution is 2.31. The lowest BCUT2D eigenvalue weighted by Crippen LogP contribution is -2.28. The molecule has 1 aromatic rings. The van der Waals surface area contributed by atoms with E-state index in [2.05, 4.69) is 13.8 Å². The third kappa shape index (κ3) is 3.03. The summed E-state index contributed by atoms with van der Waals surface area (Å²) in [6, 6.07) is 7.06. The molecule has 1 aliphatic carbocycles. The molecule has 0 radical (unpaired) electrons. The summed E-state index contributed by atoms with van der Waals surface area (Å²) in [7, 11) is 0. The summed E-state index contributed by atoms with van der Waals surface area (Å²) in [5.74, 6) is 0.957. The van der Waals surface area contributed by atoms with E-state index in [1.54, 1.807) is 18.2 Å². The number of anilines is 1. The van der Waals surface area contributed by atoms with Crippen LogP contribution in [0.2, 0.25) is 0 Å². The maximum Gasteiger partial charge on any atom is 0.340 e. The molecule has 2 N–H and O–H groups in total. The number of hydrogen-bond donors (Lipinski definition) is 1. The molecule has 18 heavy (non-hydrogen) atoms. The van der Waals surface area contributed by atoms with Crippen molar-refractivity contribution in [2.75, 3.05) is 5.73 Å². The van der Waals surface area contributed by atoms with Crippen LogP contribution in [0.1, 0.15) is 43.5 Å². The first-order valence-electron chi connectivity index (χ1n) is 6.61. The van der Waals surface area contributed by atoms with Crippen molar-refractivity contribution in [3.63, 3.8) is 0 Å². The third-order valence-corrected chi connectivity index (χ3v) is 3.59. The van der Waals surface area contributed by atoms with E-state index in [0.29, 0.717) is 23.1 Å². The minimum Gasteiger partial charge on any atom is -0.459 e. The number of carbonyl (C=O) groups excluding carboxylic acids is 1. The molecule has 2 atom stereocenters. The molecule has 0 bridgehead atoms. The van der Waals surface area contributed by atoms with Crippen LogP contribution in [0.4, 0.5) is 5.69 Å².